The van der Waals surface area contributed by atoms with E-state index < -0.39 is 6.10 Å². The van der Waals surface area contributed by atoms with E-state index in [1.807, 2.05) is 31.2 Å². The van der Waals surface area contributed by atoms with Crippen LogP contribution in [0.4, 0.5) is 5.69 Å². The first-order valence-corrected chi connectivity index (χ1v) is 7.52. The summed E-state index contributed by atoms with van der Waals surface area (Å²) < 4.78 is 6.39. The molecule has 0 aliphatic heterocycles. The Morgan fingerprint density at radius 1 is 1.32 bits per heavy atom. The quantitative estimate of drug-likeness (QED) is 0.896. The van der Waals surface area contributed by atoms with Gasteiger partial charge in [0.1, 0.15) is 5.75 Å². The number of anilines is 1. The summed E-state index contributed by atoms with van der Waals surface area (Å²) in [6.45, 7) is 3.64. The number of carbonyl (C=O) groups excluding carboxylic acids is 1. The van der Waals surface area contributed by atoms with E-state index in [1.165, 1.54) is 0 Å². The average molecular weight is 359 g/mol. The molecule has 2 aromatic carbocycles. The third-order valence-corrected chi connectivity index (χ3v) is 3.68. The van der Waals surface area contributed by atoms with Gasteiger partial charge in [-0.05, 0) is 65.7 Å². The zero-order valence-corrected chi connectivity index (χ0v) is 13.8. The van der Waals surface area contributed by atoms with Crippen LogP contribution in [-0.4, -0.2) is 12.0 Å². The highest BCUT2D eigenvalue weighted by atomic mass is 79.9. The number of aryl methyl sites for hydroxylation is 1. The Balaban J connectivity index is 2.04. The Morgan fingerprint density at radius 2 is 2.09 bits per heavy atom. The summed E-state index contributed by atoms with van der Waals surface area (Å²) >= 11 is 3.42. The molecule has 1 amide bonds. The van der Waals surface area contributed by atoms with Gasteiger partial charge in [0, 0.05) is 4.47 Å². The monoisotopic (exact) mass is 358 g/mol. The molecule has 22 heavy (non-hydrogen) atoms. The first kappa shape index (κ1) is 16.1. The Kier molecular flexibility index (Phi) is 5.18. The largest absolute Gasteiger partial charge is 0.481 e. The lowest BCUT2D eigenvalue weighted by atomic mass is 10.2. The molecule has 2 aromatic rings. The van der Waals surface area contributed by atoms with Gasteiger partial charge in [0.2, 0.25) is 0 Å². The van der Waals surface area contributed by atoms with Crippen molar-refractivity contribution in [2.75, 3.05) is 5.32 Å². The number of ether oxygens (including phenoxy) is 1. The maximum absolute atomic E-state index is 12.2. The third kappa shape index (κ3) is 4.09. The van der Waals surface area contributed by atoms with E-state index in [0.29, 0.717) is 17.0 Å². The summed E-state index contributed by atoms with van der Waals surface area (Å²) in [5.74, 6) is 0.233. The molecule has 2 rings (SSSR count). The van der Waals surface area contributed by atoms with Gasteiger partial charge in [-0.2, -0.15) is 5.26 Å². The van der Waals surface area contributed by atoms with Crippen LogP contribution in [0.15, 0.2) is 46.9 Å². The smallest absolute Gasteiger partial charge is 0.265 e. The van der Waals surface area contributed by atoms with Crippen molar-refractivity contribution in [2.45, 2.75) is 20.0 Å². The molecule has 0 radical (unpaired) electrons. The Bertz CT molecular complexity index is 738. The van der Waals surface area contributed by atoms with Gasteiger partial charge >= 0.3 is 0 Å². The van der Waals surface area contributed by atoms with Crippen molar-refractivity contribution in [3.63, 3.8) is 0 Å². The van der Waals surface area contributed by atoms with Gasteiger partial charge in [0.15, 0.2) is 6.10 Å². The van der Waals surface area contributed by atoms with Gasteiger partial charge < -0.3 is 10.1 Å². The lowest BCUT2D eigenvalue weighted by Crippen LogP contribution is -2.30. The number of benzene rings is 2. The van der Waals surface area contributed by atoms with Crippen molar-refractivity contribution in [1.29, 1.82) is 5.26 Å². The summed E-state index contributed by atoms with van der Waals surface area (Å²) in [5, 5.41) is 11.7. The predicted molar refractivity (Wildman–Crippen MR) is 88.8 cm³/mol. The van der Waals surface area contributed by atoms with Crippen molar-refractivity contribution in [3.8, 4) is 11.8 Å². The number of rotatable bonds is 4. The van der Waals surface area contributed by atoms with Crippen LogP contribution < -0.4 is 10.1 Å². The van der Waals surface area contributed by atoms with Gasteiger partial charge in [0.05, 0.1) is 17.3 Å². The maximum atomic E-state index is 12.2. The number of nitrogens with one attached hydrogen (secondary N) is 1. The van der Waals surface area contributed by atoms with Crippen molar-refractivity contribution >= 4 is 27.5 Å². The Labute approximate surface area is 137 Å². The van der Waals surface area contributed by atoms with Crippen LogP contribution in [0.2, 0.25) is 0 Å². The summed E-state index contributed by atoms with van der Waals surface area (Å²) in [6.07, 6.45) is -0.679. The number of nitrogens with zero attached hydrogens (tertiary/aromatic N) is 1. The van der Waals surface area contributed by atoms with E-state index >= 15 is 0 Å². The number of amides is 1. The van der Waals surface area contributed by atoms with E-state index in [0.717, 1.165) is 10.0 Å². The molecule has 1 N–H and O–H groups in total. The second kappa shape index (κ2) is 7.10. The Hall–Kier alpha value is -2.32. The normalized spacial score (nSPS) is 11.4. The SMILES string of the molecule is Cc1ccc(NC(=O)C(C)Oc2cccc(C#N)c2)c(Br)c1. The topological polar surface area (TPSA) is 62.1 Å². The summed E-state index contributed by atoms with van der Waals surface area (Å²) in [4.78, 5) is 12.2. The molecule has 112 valence electrons. The van der Waals surface area contributed by atoms with Gasteiger partial charge in [0.25, 0.3) is 5.91 Å². The van der Waals surface area contributed by atoms with Gasteiger partial charge in [-0.3, -0.25) is 4.79 Å². The number of nitriles is 1. The molecule has 0 fully saturated rings. The van der Waals surface area contributed by atoms with E-state index in [9.17, 15) is 4.79 Å². The number of hydrogen-bond donors (Lipinski definition) is 1. The fraction of sp³-hybridized carbons (Fsp3) is 0.176. The molecule has 1 atom stereocenters. The molecule has 0 saturated carbocycles. The minimum atomic E-state index is -0.679. The molecule has 0 bridgehead atoms. The van der Waals surface area contributed by atoms with Crippen LogP contribution in [0, 0.1) is 18.3 Å². The molecule has 4 nitrogen and oxygen atoms in total. The fourth-order valence-electron chi connectivity index (χ4n) is 1.85. The van der Waals surface area contributed by atoms with E-state index in [1.54, 1.807) is 31.2 Å². The zero-order chi connectivity index (χ0) is 16.1. The molecule has 0 aliphatic rings. The van der Waals surface area contributed by atoms with Crippen LogP contribution in [0.25, 0.3) is 0 Å². The second-order valence-electron chi connectivity index (χ2n) is 4.87. The average Bonchev–Trinajstić information content (AvgIpc) is 2.50. The molecule has 1 unspecified atom stereocenters. The summed E-state index contributed by atoms with van der Waals surface area (Å²) in [7, 11) is 0. The molecule has 0 spiro atoms. The zero-order valence-electron chi connectivity index (χ0n) is 12.3. The number of halogens is 1. The molecule has 0 aromatic heterocycles. The van der Waals surface area contributed by atoms with E-state index in [2.05, 4.69) is 21.2 Å². The van der Waals surface area contributed by atoms with Gasteiger partial charge in [-0.1, -0.05) is 12.1 Å². The predicted octanol–water partition coefficient (Wildman–Crippen LogP) is 4.04. The minimum Gasteiger partial charge on any atom is -0.481 e. The second-order valence-corrected chi connectivity index (χ2v) is 5.73. The molecular formula is C17H15BrN2O2. The van der Waals surface area contributed by atoms with E-state index in [-0.39, 0.29) is 5.91 Å². The van der Waals surface area contributed by atoms with Crippen molar-refractivity contribution < 1.29 is 9.53 Å². The molecule has 5 heteroatoms. The van der Waals surface area contributed by atoms with Crippen LogP contribution in [0.1, 0.15) is 18.1 Å². The molecule has 0 heterocycles. The van der Waals surface area contributed by atoms with Crippen LogP contribution in [0.3, 0.4) is 0 Å². The lowest BCUT2D eigenvalue weighted by Gasteiger charge is -2.15. The number of carbonyl (C=O) groups is 1. The standard InChI is InChI=1S/C17H15BrN2O2/c1-11-6-7-16(15(18)8-11)20-17(21)12(2)22-14-5-3-4-13(9-14)10-19/h3-9,12H,1-2H3,(H,20,21). The first-order chi connectivity index (χ1) is 10.5. The van der Waals surface area contributed by atoms with Gasteiger partial charge in [-0.15, -0.1) is 0 Å². The lowest BCUT2D eigenvalue weighted by molar-refractivity contribution is -0.122. The third-order valence-electron chi connectivity index (χ3n) is 3.03. The highest BCUT2D eigenvalue weighted by Crippen LogP contribution is 2.24. The highest BCUT2D eigenvalue weighted by molar-refractivity contribution is 9.10. The molecule has 0 saturated heterocycles. The first-order valence-electron chi connectivity index (χ1n) is 6.73. The maximum Gasteiger partial charge on any atom is 0.265 e. The minimum absolute atomic E-state index is 0.257. The van der Waals surface area contributed by atoms with Gasteiger partial charge in [-0.25, -0.2) is 0 Å². The van der Waals surface area contributed by atoms with E-state index in [4.69, 9.17) is 10.00 Å². The van der Waals surface area contributed by atoms with Crippen LogP contribution in [0.5, 0.6) is 5.75 Å². The summed E-state index contributed by atoms with van der Waals surface area (Å²) in [5.41, 5.74) is 2.28. The number of hydrogen-bond acceptors (Lipinski definition) is 3. The van der Waals surface area contributed by atoms with Crippen LogP contribution in [-0.2, 0) is 4.79 Å². The van der Waals surface area contributed by atoms with Crippen molar-refractivity contribution in [1.82, 2.24) is 0 Å². The fourth-order valence-corrected chi connectivity index (χ4v) is 2.44. The highest BCUT2D eigenvalue weighted by Gasteiger charge is 2.16. The van der Waals surface area contributed by atoms with Crippen molar-refractivity contribution in [3.05, 3.63) is 58.1 Å². The van der Waals surface area contributed by atoms with Crippen LogP contribution >= 0.6 is 15.9 Å². The van der Waals surface area contributed by atoms with Crippen molar-refractivity contribution in [2.24, 2.45) is 0 Å². The molecule has 0 aliphatic carbocycles. The molecular weight excluding hydrogens is 344 g/mol. The Morgan fingerprint density at radius 3 is 2.77 bits per heavy atom. The summed E-state index contributed by atoms with van der Waals surface area (Å²) in [6, 6.07) is 14.4.